The van der Waals surface area contributed by atoms with Crippen LogP contribution in [0.15, 0.2) is 30.3 Å². The number of anilines is 1. The number of nitrogens with one attached hydrogen (secondary N) is 1. The van der Waals surface area contributed by atoms with E-state index in [0.29, 0.717) is 6.04 Å². The van der Waals surface area contributed by atoms with Crippen LogP contribution in [0.2, 0.25) is 0 Å². The highest BCUT2D eigenvalue weighted by molar-refractivity contribution is 5.97. The molecule has 1 aromatic heterocycles. The van der Waals surface area contributed by atoms with E-state index < -0.39 is 12.1 Å². The molecule has 0 bridgehead atoms. The highest BCUT2D eigenvalue weighted by Gasteiger charge is 2.26. The molecule has 28 heavy (non-hydrogen) atoms. The van der Waals surface area contributed by atoms with Crippen molar-refractivity contribution in [2.75, 3.05) is 5.32 Å². The third kappa shape index (κ3) is 4.53. The van der Waals surface area contributed by atoms with Crippen LogP contribution in [0.3, 0.4) is 0 Å². The lowest BCUT2D eigenvalue weighted by Crippen LogP contribution is -2.29. The van der Waals surface area contributed by atoms with Crippen molar-refractivity contribution >= 4 is 23.6 Å². The average Bonchev–Trinajstić information content (AvgIpc) is 3.41. The molecular weight excluding hydrogens is 352 g/mol. The third-order valence-electron chi connectivity index (χ3n) is 5.14. The number of carbonyl (C=O) groups excluding carboxylic acids is 2. The lowest BCUT2D eigenvalue weighted by atomic mass is 10.1. The summed E-state index contributed by atoms with van der Waals surface area (Å²) >= 11 is 0. The summed E-state index contributed by atoms with van der Waals surface area (Å²) < 4.78 is 7.59. The number of aryl methyl sites for hydroxylation is 3. The van der Waals surface area contributed by atoms with Gasteiger partial charge in [-0.15, -0.1) is 0 Å². The maximum absolute atomic E-state index is 12.3. The van der Waals surface area contributed by atoms with E-state index in [1.807, 2.05) is 32.0 Å². The second-order valence-electron chi connectivity index (χ2n) is 7.65. The van der Waals surface area contributed by atoms with Crippen LogP contribution in [0.25, 0.3) is 6.08 Å². The van der Waals surface area contributed by atoms with Crippen molar-refractivity contribution in [1.82, 2.24) is 4.57 Å². The van der Waals surface area contributed by atoms with Crippen molar-refractivity contribution in [3.63, 3.8) is 0 Å². The molecule has 1 saturated carbocycles. The van der Waals surface area contributed by atoms with Gasteiger partial charge >= 0.3 is 5.97 Å². The van der Waals surface area contributed by atoms with Crippen LogP contribution in [0.5, 0.6) is 0 Å². The highest BCUT2D eigenvalue weighted by Crippen LogP contribution is 2.38. The molecular formula is C23H28N2O3. The molecule has 0 spiro atoms. The van der Waals surface area contributed by atoms with Crippen LogP contribution in [-0.4, -0.2) is 22.5 Å². The molecule has 148 valence electrons. The number of hydrogen-bond donors (Lipinski definition) is 1. The number of esters is 1. The minimum Gasteiger partial charge on any atom is -0.449 e. The van der Waals surface area contributed by atoms with Gasteiger partial charge in [0, 0.05) is 29.2 Å². The molecule has 1 heterocycles. The van der Waals surface area contributed by atoms with Gasteiger partial charge in [0.05, 0.1) is 0 Å². The molecule has 1 fully saturated rings. The summed E-state index contributed by atoms with van der Waals surface area (Å²) in [5.74, 6) is -0.875. The van der Waals surface area contributed by atoms with Gasteiger partial charge in [0.1, 0.15) is 0 Å². The predicted molar refractivity (Wildman–Crippen MR) is 111 cm³/mol. The predicted octanol–water partition coefficient (Wildman–Crippen LogP) is 4.64. The monoisotopic (exact) mass is 380 g/mol. The average molecular weight is 380 g/mol. The molecule has 0 unspecified atom stereocenters. The molecule has 0 radical (unpaired) electrons. The number of carbonyl (C=O) groups is 2. The van der Waals surface area contributed by atoms with E-state index in [4.69, 9.17) is 4.74 Å². The first-order chi connectivity index (χ1) is 13.3. The molecule has 1 aliphatic rings. The van der Waals surface area contributed by atoms with Crippen molar-refractivity contribution in [1.29, 1.82) is 0 Å². The summed E-state index contributed by atoms with van der Waals surface area (Å²) in [6.07, 6.45) is 4.71. The van der Waals surface area contributed by atoms with E-state index in [0.717, 1.165) is 28.1 Å². The zero-order valence-electron chi connectivity index (χ0n) is 17.2. The first-order valence-corrected chi connectivity index (χ1v) is 9.71. The Bertz CT molecular complexity index is 936. The van der Waals surface area contributed by atoms with Gasteiger partial charge in [-0.05, 0) is 76.8 Å². The zero-order valence-corrected chi connectivity index (χ0v) is 17.2. The van der Waals surface area contributed by atoms with E-state index in [-0.39, 0.29) is 5.91 Å². The van der Waals surface area contributed by atoms with E-state index in [1.165, 1.54) is 24.6 Å². The van der Waals surface area contributed by atoms with Crippen LogP contribution in [0, 0.1) is 27.7 Å². The largest absolute Gasteiger partial charge is 0.449 e. The van der Waals surface area contributed by atoms with Gasteiger partial charge in [-0.2, -0.15) is 0 Å². The molecule has 1 N–H and O–H groups in total. The fourth-order valence-electron chi connectivity index (χ4n) is 3.48. The minimum absolute atomic E-state index is 0.347. The van der Waals surface area contributed by atoms with Gasteiger partial charge in [-0.25, -0.2) is 4.79 Å². The molecule has 0 aliphatic heterocycles. The van der Waals surface area contributed by atoms with Crippen molar-refractivity contribution in [2.24, 2.45) is 0 Å². The summed E-state index contributed by atoms with van der Waals surface area (Å²) in [5, 5.41) is 2.81. The molecule has 5 nitrogen and oxygen atoms in total. The Balaban J connectivity index is 1.58. The van der Waals surface area contributed by atoms with Crippen molar-refractivity contribution in [2.45, 2.75) is 59.6 Å². The fourth-order valence-corrected chi connectivity index (χ4v) is 3.48. The Morgan fingerprint density at radius 1 is 1.18 bits per heavy atom. The Kier molecular flexibility index (Phi) is 5.73. The van der Waals surface area contributed by atoms with E-state index in [1.54, 1.807) is 13.0 Å². The molecule has 3 rings (SSSR count). The summed E-state index contributed by atoms with van der Waals surface area (Å²) in [6, 6.07) is 8.45. The Labute approximate surface area is 166 Å². The first kappa shape index (κ1) is 19.9. The second-order valence-corrected chi connectivity index (χ2v) is 7.65. The van der Waals surface area contributed by atoms with Gasteiger partial charge in [0.25, 0.3) is 5.91 Å². The highest BCUT2D eigenvalue weighted by atomic mass is 16.5. The minimum atomic E-state index is -0.878. The Hall–Kier alpha value is -2.82. The number of rotatable bonds is 6. The summed E-state index contributed by atoms with van der Waals surface area (Å²) in [4.78, 5) is 24.5. The van der Waals surface area contributed by atoms with Gasteiger partial charge in [0.2, 0.25) is 0 Å². The molecule has 5 heteroatoms. The van der Waals surface area contributed by atoms with E-state index in [2.05, 4.69) is 29.8 Å². The second kappa shape index (κ2) is 8.05. The molecule has 1 aromatic carbocycles. The van der Waals surface area contributed by atoms with Crippen LogP contribution >= 0.6 is 0 Å². The number of ether oxygens (including phenoxy) is 1. The fraction of sp³-hybridized carbons (Fsp3) is 0.391. The third-order valence-corrected chi connectivity index (χ3v) is 5.14. The van der Waals surface area contributed by atoms with Gasteiger partial charge < -0.3 is 14.6 Å². The number of benzene rings is 1. The smallest absolute Gasteiger partial charge is 0.331 e. The summed E-state index contributed by atoms with van der Waals surface area (Å²) in [5.41, 5.74) is 6.19. The Morgan fingerprint density at radius 2 is 1.89 bits per heavy atom. The van der Waals surface area contributed by atoms with E-state index in [9.17, 15) is 9.59 Å². The standard InChI is InChI=1S/C23H28N2O3/c1-14-6-10-21(15(2)12-14)24-23(27)18(5)28-22(26)11-7-19-13-16(3)25(17(19)4)20-8-9-20/h6-7,10-13,18,20H,8-9H2,1-5H3,(H,24,27)/b11-7+/t18-/m0/s1. The summed E-state index contributed by atoms with van der Waals surface area (Å²) in [7, 11) is 0. The summed E-state index contributed by atoms with van der Waals surface area (Å²) in [6.45, 7) is 9.65. The molecule has 1 atom stereocenters. The number of nitrogens with zero attached hydrogens (tertiary/aromatic N) is 1. The van der Waals surface area contributed by atoms with Crippen LogP contribution in [0.4, 0.5) is 5.69 Å². The van der Waals surface area contributed by atoms with Crippen LogP contribution in [-0.2, 0) is 14.3 Å². The van der Waals surface area contributed by atoms with Crippen molar-refractivity contribution in [3.8, 4) is 0 Å². The molecule has 0 saturated heterocycles. The maximum Gasteiger partial charge on any atom is 0.331 e. The lowest BCUT2D eigenvalue weighted by molar-refractivity contribution is -0.148. The van der Waals surface area contributed by atoms with Gasteiger partial charge in [-0.1, -0.05) is 17.7 Å². The number of hydrogen-bond acceptors (Lipinski definition) is 3. The SMILES string of the molecule is Cc1ccc(NC(=O)[C@H](C)OC(=O)/C=C/c2cc(C)n(C3CC3)c2C)c(C)c1. The number of aromatic nitrogens is 1. The van der Waals surface area contributed by atoms with Crippen molar-refractivity contribution in [3.05, 3.63) is 58.4 Å². The van der Waals surface area contributed by atoms with Crippen LogP contribution < -0.4 is 5.32 Å². The topological polar surface area (TPSA) is 60.3 Å². The molecule has 1 amide bonds. The zero-order chi connectivity index (χ0) is 20.4. The normalized spacial score (nSPS) is 14.9. The first-order valence-electron chi connectivity index (χ1n) is 9.71. The molecule has 2 aromatic rings. The van der Waals surface area contributed by atoms with Gasteiger partial charge in [0.15, 0.2) is 6.10 Å². The van der Waals surface area contributed by atoms with Gasteiger partial charge in [-0.3, -0.25) is 4.79 Å². The quantitative estimate of drug-likeness (QED) is 0.587. The maximum atomic E-state index is 12.3. The van der Waals surface area contributed by atoms with E-state index >= 15 is 0 Å². The van der Waals surface area contributed by atoms with Crippen LogP contribution in [0.1, 0.15) is 53.9 Å². The Morgan fingerprint density at radius 3 is 2.54 bits per heavy atom. The molecule has 1 aliphatic carbocycles. The number of amides is 1. The van der Waals surface area contributed by atoms with Crippen molar-refractivity contribution < 1.29 is 14.3 Å². The lowest BCUT2D eigenvalue weighted by Gasteiger charge is -2.14.